The second kappa shape index (κ2) is 10.7. The van der Waals surface area contributed by atoms with E-state index in [1.165, 1.54) is 5.01 Å². The van der Waals surface area contributed by atoms with Gasteiger partial charge in [-0.15, -0.1) is 35.3 Å². The lowest BCUT2D eigenvalue weighted by Crippen LogP contribution is -2.43. The van der Waals surface area contributed by atoms with Gasteiger partial charge in [-0.25, -0.2) is 4.98 Å². The Morgan fingerprint density at radius 1 is 1.43 bits per heavy atom. The summed E-state index contributed by atoms with van der Waals surface area (Å²) < 4.78 is 0.218. The number of thioether (sulfide) groups is 1. The molecule has 0 saturated heterocycles. The lowest BCUT2D eigenvalue weighted by atomic mass is 10.2. The molecule has 21 heavy (non-hydrogen) atoms. The van der Waals surface area contributed by atoms with Crippen LogP contribution in [0, 0.1) is 6.92 Å². The minimum absolute atomic E-state index is 0. The van der Waals surface area contributed by atoms with Gasteiger partial charge in [0, 0.05) is 42.4 Å². The van der Waals surface area contributed by atoms with Crippen LogP contribution in [0.2, 0.25) is 0 Å². The van der Waals surface area contributed by atoms with Crippen molar-refractivity contribution in [3.05, 3.63) is 16.1 Å². The van der Waals surface area contributed by atoms with E-state index in [1.807, 2.05) is 25.7 Å². The van der Waals surface area contributed by atoms with E-state index in [4.69, 9.17) is 0 Å². The molecule has 0 saturated carbocycles. The molecular weight excluding hydrogens is 415 g/mol. The summed E-state index contributed by atoms with van der Waals surface area (Å²) in [5.74, 6) is 0.877. The van der Waals surface area contributed by atoms with Gasteiger partial charge in [0.1, 0.15) is 0 Å². The van der Waals surface area contributed by atoms with Crippen LogP contribution in [0.5, 0.6) is 0 Å². The number of hydrogen-bond donors (Lipinski definition) is 2. The van der Waals surface area contributed by atoms with E-state index in [-0.39, 0.29) is 28.7 Å². The Morgan fingerprint density at radius 3 is 2.67 bits per heavy atom. The first-order valence-electron chi connectivity index (χ1n) is 6.87. The van der Waals surface area contributed by atoms with Gasteiger partial charge in [-0.3, -0.25) is 4.99 Å². The third-order valence-electron chi connectivity index (χ3n) is 2.98. The molecule has 1 rings (SSSR count). The fourth-order valence-corrected chi connectivity index (χ4v) is 2.59. The van der Waals surface area contributed by atoms with Gasteiger partial charge in [0.2, 0.25) is 0 Å². The number of guanidine groups is 1. The highest BCUT2D eigenvalue weighted by Gasteiger charge is 2.15. The molecule has 0 aliphatic carbocycles. The SMILES string of the molecule is CN=C(NCCCc1nc(C)cs1)NCC(C)(C)SC.I. The van der Waals surface area contributed by atoms with Crippen molar-refractivity contribution in [2.75, 3.05) is 26.4 Å². The fourth-order valence-electron chi connectivity index (χ4n) is 1.55. The number of aliphatic imine (C=N–C) groups is 1. The first kappa shape index (κ1) is 21.0. The summed E-state index contributed by atoms with van der Waals surface area (Å²) in [6, 6.07) is 0. The number of thiazole rings is 1. The molecule has 0 fully saturated rings. The molecule has 1 aromatic heterocycles. The number of nitrogens with one attached hydrogen (secondary N) is 2. The van der Waals surface area contributed by atoms with Crippen LogP contribution in [0.1, 0.15) is 31.0 Å². The Morgan fingerprint density at radius 2 is 2.14 bits per heavy atom. The molecule has 0 unspecified atom stereocenters. The second-order valence-corrected chi connectivity index (χ2v) is 7.76. The van der Waals surface area contributed by atoms with E-state index in [0.717, 1.165) is 37.6 Å². The molecule has 1 aromatic rings. The number of nitrogens with zero attached hydrogens (tertiary/aromatic N) is 2. The predicted octanol–water partition coefficient (Wildman–Crippen LogP) is 3.31. The van der Waals surface area contributed by atoms with Crippen LogP contribution in [0.4, 0.5) is 0 Å². The van der Waals surface area contributed by atoms with Crippen molar-refractivity contribution >= 4 is 53.0 Å². The van der Waals surface area contributed by atoms with Crippen LogP contribution in [-0.2, 0) is 6.42 Å². The first-order valence-corrected chi connectivity index (χ1v) is 8.98. The molecule has 7 heteroatoms. The van der Waals surface area contributed by atoms with Gasteiger partial charge in [0.25, 0.3) is 0 Å². The maximum Gasteiger partial charge on any atom is 0.191 e. The van der Waals surface area contributed by atoms with Gasteiger partial charge in [-0.05, 0) is 33.4 Å². The number of aromatic nitrogens is 1. The van der Waals surface area contributed by atoms with E-state index in [0.29, 0.717) is 0 Å². The van der Waals surface area contributed by atoms with Crippen LogP contribution >= 0.6 is 47.1 Å². The predicted molar refractivity (Wildman–Crippen MR) is 108 cm³/mol. The van der Waals surface area contributed by atoms with Crippen molar-refractivity contribution in [1.82, 2.24) is 15.6 Å². The fraction of sp³-hybridized carbons (Fsp3) is 0.714. The van der Waals surface area contributed by atoms with Crippen LogP contribution in [0.25, 0.3) is 0 Å². The molecule has 0 bridgehead atoms. The van der Waals surface area contributed by atoms with Crippen molar-refractivity contribution in [2.24, 2.45) is 4.99 Å². The van der Waals surface area contributed by atoms with E-state index >= 15 is 0 Å². The number of hydrogen-bond acceptors (Lipinski definition) is 4. The third kappa shape index (κ3) is 8.87. The van der Waals surface area contributed by atoms with Crippen molar-refractivity contribution in [2.45, 2.75) is 38.4 Å². The molecular formula is C14H27IN4S2. The zero-order chi connectivity index (χ0) is 15.0. The van der Waals surface area contributed by atoms with Gasteiger partial charge in [-0.2, -0.15) is 11.8 Å². The zero-order valence-electron chi connectivity index (χ0n) is 13.5. The maximum absolute atomic E-state index is 4.47. The summed E-state index contributed by atoms with van der Waals surface area (Å²) in [5, 5.41) is 10.0. The largest absolute Gasteiger partial charge is 0.356 e. The van der Waals surface area contributed by atoms with E-state index in [1.54, 1.807) is 11.3 Å². The smallest absolute Gasteiger partial charge is 0.191 e. The quantitative estimate of drug-likeness (QED) is 0.295. The summed E-state index contributed by atoms with van der Waals surface area (Å²) in [6.45, 7) is 8.31. The molecule has 0 aromatic carbocycles. The van der Waals surface area contributed by atoms with Crippen LogP contribution in [0.15, 0.2) is 10.4 Å². The minimum atomic E-state index is 0. The lowest BCUT2D eigenvalue weighted by Gasteiger charge is -2.23. The third-order valence-corrected chi connectivity index (χ3v) is 5.26. The average molecular weight is 442 g/mol. The Labute approximate surface area is 154 Å². The van der Waals surface area contributed by atoms with Crippen LogP contribution < -0.4 is 10.6 Å². The van der Waals surface area contributed by atoms with Crippen LogP contribution in [-0.4, -0.2) is 42.1 Å². The molecule has 4 nitrogen and oxygen atoms in total. The standard InChI is InChI=1S/C14H26N4S2.HI/c1-11-9-20-12(18-11)7-6-8-16-13(15-4)17-10-14(2,3)19-5;/h9H,6-8,10H2,1-5H3,(H2,15,16,17);1H. The maximum atomic E-state index is 4.47. The summed E-state index contributed by atoms with van der Waals surface area (Å²) >= 11 is 3.60. The van der Waals surface area contributed by atoms with Crippen molar-refractivity contribution < 1.29 is 0 Å². The van der Waals surface area contributed by atoms with Gasteiger partial charge < -0.3 is 10.6 Å². The Balaban J connectivity index is 0.00000400. The molecule has 0 aliphatic rings. The summed E-state index contributed by atoms with van der Waals surface area (Å²) in [6.07, 6.45) is 4.23. The Kier molecular flexibility index (Phi) is 10.7. The average Bonchev–Trinajstić information content (AvgIpc) is 2.83. The molecule has 122 valence electrons. The monoisotopic (exact) mass is 442 g/mol. The first-order chi connectivity index (χ1) is 9.46. The lowest BCUT2D eigenvalue weighted by molar-refractivity contribution is 0.659. The highest BCUT2D eigenvalue weighted by atomic mass is 127. The van der Waals surface area contributed by atoms with Crippen molar-refractivity contribution in [3.63, 3.8) is 0 Å². The summed E-state index contributed by atoms with van der Waals surface area (Å²) in [5.41, 5.74) is 1.12. The van der Waals surface area contributed by atoms with Gasteiger partial charge >= 0.3 is 0 Å². The Bertz CT molecular complexity index is 432. The zero-order valence-corrected chi connectivity index (χ0v) is 17.5. The number of rotatable bonds is 7. The molecule has 1 heterocycles. The summed E-state index contributed by atoms with van der Waals surface area (Å²) in [4.78, 5) is 8.72. The van der Waals surface area contributed by atoms with Gasteiger partial charge in [0.05, 0.1) is 5.01 Å². The van der Waals surface area contributed by atoms with Crippen molar-refractivity contribution in [1.29, 1.82) is 0 Å². The summed E-state index contributed by atoms with van der Waals surface area (Å²) in [7, 11) is 1.81. The van der Waals surface area contributed by atoms with Crippen LogP contribution in [0.3, 0.4) is 0 Å². The molecule has 0 radical (unpaired) electrons. The second-order valence-electron chi connectivity index (χ2n) is 5.30. The number of aryl methyl sites for hydroxylation is 2. The van der Waals surface area contributed by atoms with Crippen molar-refractivity contribution in [3.8, 4) is 0 Å². The molecule has 0 aliphatic heterocycles. The molecule has 2 N–H and O–H groups in total. The minimum Gasteiger partial charge on any atom is -0.356 e. The van der Waals surface area contributed by atoms with E-state index < -0.39 is 0 Å². The molecule has 0 atom stereocenters. The highest BCUT2D eigenvalue weighted by Crippen LogP contribution is 2.19. The van der Waals surface area contributed by atoms with E-state index in [2.05, 4.69) is 46.1 Å². The number of halogens is 1. The van der Waals surface area contributed by atoms with Gasteiger partial charge in [0.15, 0.2) is 5.96 Å². The van der Waals surface area contributed by atoms with Gasteiger partial charge in [-0.1, -0.05) is 0 Å². The highest BCUT2D eigenvalue weighted by molar-refractivity contribution is 14.0. The molecule has 0 spiro atoms. The molecule has 0 amide bonds. The topological polar surface area (TPSA) is 49.3 Å². The Hall–Kier alpha value is -0.0200. The normalized spacial score (nSPS) is 12.0. The van der Waals surface area contributed by atoms with E-state index in [9.17, 15) is 0 Å².